The molecule has 0 aliphatic rings. The Bertz CT molecular complexity index is 1610. The van der Waals surface area contributed by atoms with Crippen LogP contribution in [0.5, 0.6) is 0 Å². The van der Waals surface area contributed by atoms with E-state index < -0.39 is 5.78 Å². The van der Waals surface area contributed by atoms with Gasteiger partial charge in [0.2, 0.25) is 11.6 Å². The normalized spacial score (nSPS) is 11.9. The Balaban J connectivity index is 1.67. The second kappa shape index (κ2) is 9.29. The highest BCUT2D eigenvalue weighted by molar-refractivity contribution is 7.12. The molecule has 2 heterocycles. The second-order valence-electron chi connectivity index (χ2n) is 8.24. The third-order valence-electron chi connectivity index (χ3n) is 6.17. The van der Waals surface area contributed by atoms with Crippen LogP contribution in [0, 0.1) is 6.92 Å². The van der Waals surface area contributed by atoms with E-state index in [0.29, 0.717) is 28.1 Å². The highest BCUT2D eigenvalue weighted by Gasteiger charge is 2.21. The maximum Gasteiger partial charge on any atom is 0.215 e. The molecule has 0 bridgehead atoms. The Labute approximate surface area is 205 Å². The van der Waals surface area contributed by atoms with Gasteiger partial charge in [0, 0.05) is 45.0 Å². The first-order valence-electron chi connectivity index (χ1n) is 11.1. The molecule has 0 amide bonds. The fourth-order valence-corrected chi connectivity index (χ4v) is 5.16. The van der Waals surface area contributed by atoms with Crippen LogP contribution in [0.1, 0.15) is 36.7 Å². The van der Waals surface area contributed by atoms with Gasteiger partial charge in [-0.2, -0.15) is 0 Å². The molecule has 0 unspecified atom stereocenters. The molecule has 0 spiro atoms. The van der Waals surface area contributed by atoms with Crippen LogP contribution in [-0.2, 0) is 6.54 Å². The second-order valence-corrected chi connectivity index (χ2v) is 9.19. The molecule has 5 rings (SSSR count). The van der Waals surface area contributed by atoms with E-state index in [1.54, 1.807) is 36.4 Å². The van der Waals surface area contributed by atoms with Crippen molar-refractivity contribution in [2.24, 2.45) is 5.16 Å². The van der Waals surface area contributed by atoms with E-state index >= 15 is 0 Å². The summed E-state index contributed by atoms with van der Waals surface area (Å²) in [7, 11) is 0. The zero-order chi connectivity index (χ0) is 24.5. The number of hydrogen-bond acceptors (Lipinski definition) is 6. The minimum Gasteiger partial charge on any atom is -0.410 e. The van der Waals surface area contributed by atoms with Crippen LogP contribution in [0.4, 0.5) is 0 Å². The first kappa shape index (κ1) is 22.7. The number of hydrogen-bond donors (Lipinski definition) is 2. The zero-order valence-electron chi connectivity index (χ0n) is 18.9. The SMILES string of the molecule is Cc1ccccc1C(=NO)C(=O)c1ccc2c(c1)c1cc(C(=O)c3cccs3)ccc1n2CCO. The molecule has 0 saturated carbocycles. The van der Waals surface area contributed by atoms with Crippen molar-refractivity contribution < 1.29 is 19.9 Å². The van der Waals surface area contributed by atoms with Crippen molar-refractivity contribution in [3.05, 3.63) is 105 Å². The van der Waals surface area contributed by atoms with Gasteiger partial charge in [0.25, 0.3) is 0 Å². The first-order valence-corrected chi connectivity index (χ1v) is 12.0. The number of nitrogens with zero attached hydrogens (tertiary/aromatic N) is 2. The van der Waals surface area contributed by atoms with Gasteiger partial charge in [-0.3, -0.25) is 9.59 Å². The molecule has 3 aromatic carbocycles. The van der Waals surface area contributed by atoms with Crippen molar-refractivity contribution in [3.63, 3.8) is 0 Å². The Morgan fingerprint density at radius 2 is 1.60 bits per heavy atom. The molecule has 6 nitrogen and oxygen atoms in total. The van der Waals surface area contributed by atoms with Crippen LogP contribution < -0.4 is 0 Å². The Hall–Kier alpha value is -4.07. The van der Waals surface area contributed by atoms with E-state index in [0.717, 1.165) is 27.4 Å². The van der Waals surface area contributed by atoms with Gasteiger partial charge in [-0.25, -0.2) is 0 Å². The van der Waals surface area contributed by atoms with E-state index in [1.165, 1.54) is 11.3 Å². The molecule has 0 saturated heterocycles. The first-order chi connectivity index (χ1) is 17.0. The molecule has 2 N–H and O–H groups in total. The number of fused-ring (bicyclic) bond motifs is 3. The molecule has 174 valence electrons. The lowest BCUT2D eigenvalue weighted by atomic mass is 9.96. The van der Waals surface area contributed by atoms with Crippen molar-refractivity contribution in [2.75, 3.05) is 6.61 Å². The fourth-order valence-electron chi connectivity index (χ4n) is 4.47. The highest BCUT2D eigenvalue weighted by atomic mass is 32.1. The third-order valence-corrected chi connectivity index (χ3v) is 7.04. The Kier molecular flexibility index (Phi) is 6.03. The average Bonchev–Trinajstić information content (AvgIpc) is 3.52. The van der Waals surface area contributed by atoms with E-state index in [9.17, 15) is 19.9 Å². The summed E-state index contributed by atoms with van der Waals surface area (Å²) in [5, 5.41) is 26.1. The van der Waals surface area contributed by atoms with Gasteiger partial charge in [0.1, 0.15) is 0 Å². The molecule has 0 aliphatic heterocycles. The molecule has 35 heavy (non-hydrogen) atoms. The summed E-state index contributed by atoms with van der Waals surface area (Å²) < 4.78 is 1.97. The van der Waals surface area contributed by atoms with Crippen molar-refractivity contribution in [1.29, 1.82) is 0 Å². The van der Waals surface area contributed by atoms with Crippen LogP contribution in [0.25, 0.3) is 21.8 Å². The lowest BCUT2D eigenvalue weighted by Crippen LogP contribution is -2.17. The summed E-state index contributed by atoms with van der Waals surface area (Å²) in [4.78, 5) is 27.0. The summed E-state index contributed by atoms with van der Waals surface area (Å²) >= 11 is 1.39. The number of aryl methyl sites for hydroxylation is 1. The molecular weight excluding hydrogens is 460 g/mol. The number of carbonyl (C=O) groups excluding carboxylic acids is 2. The molecule has 0 radical (unpaired) electrons. The highest BCUT2D eigenvalue weighted by Crippen LogP contribution is 2.32. The van der Waals surface area contributed by atoms with Crippen LogP contribution in [0.2, 0.25) is 0 Å². The zero-order valence-corrected chi connectivity index (χ0v) is 19.7. The van der Waals surface area contributed by atoms with E-state index in [1.807, 2.05) is 53.3 Å². The van der Waals surface area contributed by atoms with Crippen molar-refractivity contribution in [3.8, 4) is 0 Å². The van der Waals surface area contributed by atoms with Gasteiger partial charge < -0.3 is 14.9 Å². The van der Waals surface area contributed by atoms with Gasteiger partial charge in [0.15, 0.2) is 5.71 Å². The number of oxime groups is 1. The number of benzene rings is 3. The lowest BCUT2D eigenvalue weighted by Gasteiger charge is -2.08. The van der Waals surface area contributed by atoms with Crippen molar-refractivity contribution >= 4 is 50.4 Å². The van der Waals surface area contributed by atoms with Gasteiger partial charge in [0.05, 0.1) is 11.5 Å². The van der Waals surface area contributed by atoms with E-state index in [4.69, 9.17) is 0 Å². The van der Waals surface area contributed by atoms with Crippen LogP contribution in [0.15, 0.2) is 83.3 Å². The largest absolute Gasteiger partial charge is 0.410 e. The number of aliphatic hydroxyl groups is 1. The summed E-state index contributed by atoms with van der Waals surface area (Å²) in [5.41, 5.74) is 3.97. The molecule has 0 atom stereocenters. The molecular formula is C28H22N2O4S. The van der Waals surface area contributed by atoms with Gasteiger partial charge in [-0.05, 0) is 60.3 Å². The number of aromatic nitrogens is 1. The van der Waals surface area contributed by atoms with Gasteiger partial charge in [-0.1, -0.05) is 35.5 Å². The smallest absolute Gasteiger partial charge is 0.215 e. The molecule has 7 heteroatoms. The lowest BCUT2D eigenvalue weighted by molar-refractivity contribution is 0.104. The number of aliphatic hydroxyl groups excluding tert-OH is 1. The minimum atomic E-state index is -0.405. The summed E-state index contributed by atoms with van der Waals surface area (Å²) in [5.74, 6) is -0.469. The number of ketones is 2. The standard InChI is InChI=1S/C28H22N2O4S/c1-17-5-2-3-6-20(17)26(29-34)28(33)19-9-11-24-22(16-19)21-15-18(27(32)25-7-4-14-35-25)8-10-23(21)30(24)12-13-31/h2-11,14-16,31,34H,12-13H2,1H3. The quantitative estimate of drug-likeness (QED) is 0.140. The number of thiophene rings is 1. The van der Waals surface area contributed by atoms with Crippen molar-refractivity contribution in [1.82, 2.24) is 4.57 Å². The predicted molar refractivity (Wildman–Crippen MR) is 138 cm³/mol. The molecule has 5 aromatic rings. The van der Waals surface area contributed by atoms with Gasteiger partial charge >= 0.3 is 0 Å². The summed E-state index contributed by atoms with van der Waals surface area (Å²) in [6.45, 7) is 2.17. The number of rotatable bonds is 7. The maximum absolute atomic E-state index is 13.4. The minimum absolute atomic E-state index is 0.0323. The van der Waals surface area contributed by atoms with E-state index in [2.05, 4.69) is 5.16 Å². The Morgan fingerprint density at radius 1 is 0.914 bits per heavy atom. The Morgan fingerprint density at radius 3 is 2.23 bits per heavy atom. The number of carbonyl (C=O) groups is 2. The molecule has 0 fully saturated rings. The van der Waals surface area contributed by atoms with Crippen molar-refractivity contribution in [2.45, 2.75) is 13.5 Å². The van der Waals surface area contributed by atoms with Gasteiger partial charge in [-0.15, -0.1) is 11.3 Å². The number of Topliss-reactive ketones (excluding diaryl/α,β-unsaturated/α-hetero) is 1. The van der Waals surface area contributed by atoms with Crippen LogP contribution in [0.3, 0.4) is 0 Å². The average molecular weight is 483 g/mol. The predicted octanol–water partition coefficient (Wildman–Crippen LogP) is 5.45. The fraction of sp³-hybridized carbons (Fsp3) is 0.107. The van der Waals surface area contributed by atoms with Crippen LogP contribution in [-0.4, -0.2) is 38.8 Å². The van der Waals surface area contributed by atoms with Crippen LogP contribution >= 0.6 is 11.3 Å². The third kappa shape index (κ3) is 3.95. The molecule has 2 aromatic heterocycles. The topological polar surface area (TPSA) is 91.9 Å². The summed E-state index contributed by atoms with van der Waals surface area (Å²) in [6, 6.07) is 21.7. The maximum atomic E-state index is 13.4. The summed E-state index contributed by atoms with van der Waals surface area (Å²) in [6.07, 6.45) is 0. The monoisotopic (exact) mass is 482 g/mol. The molecule has 0 aliphatic carbocycles. The van der Waals surface area contributed by atoms with E-state index in [-0.39, 0.29) is 18.1 Å².